The fourth-order valence-corrected chi connectivity index (χ4v) is 4.54. The lowest BCUT2D eigenvalue weighted by atomic mass is 10.1. The second-order valence-electron chi connectivity index (χ2n) is 9.66. The Bertz CT molecular complexity index is 1560. The maximum atomic E-state index is 11.1. The molecule has 0 radical (unpaired) electrons. The molecule has 0 bridgehead atoms. The molecular formula is C29H30N6O6. The summed E-state index contributed by atoms with van der Waals surface area (Å²) in [5, 5.41) is 27.1. The Labute approximate surface area is 236 Å². The highest BCUT2D eigenvalue weighted by atomic mass is 16.5. The first-order valence-electron chi connectivity index (χ1n) is 13.0. The van der Waals surface area contributed by atoms with Gasteiger partial charge in [-0.3, -0.25) is 15.1 Å². The number of nitrogens with one attached hydrogen (secondary N) is 1. The number of aryl methyl sites for hydroxylation is 1. The van der Waals surface area contributed by atoms with E-state index in [1.807, 2.05) is 40.9 Å². The molecule has 0 saturated carbocycles. The van der Waals surface area contributed by atoms with Crippen LogP contribution in [0.1, 0.15) is 18.4 Å². The second kappa shape index (κ2) is 12.0. The van der Waals surface area contributed by atoms with E-state index in [0.29, 0.717) is 43.0 Å². The van der Waals surface area contributed by atoms with E-state index in [4.69, 9.17) is 30.5 Å². The van der Waals surface area contributed by atoms with Crippen molar-refractivity contribution in [2.75, 3.05) is 19.6 Å². The van der Waals surface area contributed by atoms with Crippen molar-refractivity contribution in [3.8, 4) is 46.1 Å². The third-order valence-corrected chi connectivity index (χ3v) is 6.57. The van der Waals surface area contributed by atoms with Gasteiger partial charge in [0.1, 0.15) is 29.3 Å². The zero-order valence-electron chi connectivity index (χ0n) is 22.4. The highest BCUT2D eigenvalue weighted by molar-refractivity contribution is 5.95. The fraction of sp³-hybridized carbons (Fsp3) is 0.241. The minimum Gasteiger partial charge on any atom is -0.504 e. The van der Waals surface area contributed by atoms with E-state index >= 15 is 0 Å². The first-order valence-corrected chi connectivity index (χ1v) is 13.0. The summed E-state index contributed by atoms with van der Waals surface area (Å²) in [6, 6.07) is 15.0. The molecule has 1 aliphatic rings. The van der Waals surface area contributed by atoms with Crippen LogP contribution in [0.3, 0.4) is 0 Å². The van der Waals surface area contributed by atoms with E-state index < -0.39 is 5.97 Å². The molecule has 1 fully saturated rings. The molecular weight excluding hydrogens is 528 g/mol. The Balaban J connectivity index is 1.41. The van der Waals surface area contributed by atoms with Crippen molar-refractivity contribution in [1.29, 1.82) is 5.41 Å². The summed E-state index contributed by atoms with van der Waals surface area (Å²) >= 11 is 0. The molecule has 4 aromatic rings. The molecule has 2 aromatic heterocycles. The number of hydrogen-bond acceptors (Lipinski definition) is 9. The van der Waals surface area contributed by atoms with Gasteiger partial charge in [0.15, 0.2) is 11.5 Å². The monoisotopic (exact) mass is 558 g/mol. The summed E-state index contributed by atoms with van der Waals surface area (Å²) in [6.45, 7) is 1.19. The van der Waals surface area contributed by atoms with Gasteiger partial charge < -0.3 is 34.7 Å². The number of nitrogens with zero attached hydrogens (tertiary/aromatic N) is 4. The standard InChI is InChI=1S/C29H30N6O6/c1-34-12-9-32-29(34)19-3-2-4-21(13-19)40-25-15-22(39-20-7-10-35(11-8-20)17-27(37)38)16-26(33-25)41-24-14-18(28(30)31)5-6-23(24)36/h2-6,9,12-16,20,36H,7-8,10-11,17H2,1H3,(H3,30,31)(H,37,38). The van der Waals surface area contributed by atoms with E-state index in [1.54, 1.807) is 24.4 Å². The van der Waals surface area contributed by atoms with Crippen molar-refractivity contribution in [1.82, 2.24) is 19.4 Å². The van der Waals surface area contributed by atoms with Gasteiger partial charge in [0, 0.05) is 55.8 Å². The van der Waals surface area contributed by atoms with Crippen LogP contribution in [0.25, 0.3) is 11.4 Å². The van der Waals surface area contributed by atoms with Gasteiger partial charge >= 0.3 is 5.97 Å². The van der Waals surface area contributed by atoms with E-state index in [0.717, 1.165) is 11.4 Å². The molecule has 0 unspecified atom stereocenters. The summed E-state index contributed by atoms with van der Waals surface area (Å²) in [4.78, 5) is 21.8. The van der Waals surface area contributed by atoms with Gasteiger partial charge in [-0.15, -0.1) is 0 Å². The number of benzene rings is 2. The van der Waals surface area contributed by atoms with Crippen LogP contribution in [0.15, 0.2) is 67.0 Å². The number of piperidine rings is 1. The van der Waals surface area contributed by atoms with E-state index in [2.05, 4.69) is 9.97 Å². The average Bonchev–Trinajstić information content (AvgIpc) is 3.36. The SMILES string of the molecule is Cn1ccnc1-c1cccc(Oc2cc(OC3CCN(CC(=O)O)CC3)cc(Oc3cc(C(=N)N)ccc3O)n2)c1. The van der Waals surface area contributed by atoms with Gasteiger partial charge in [0.2, 0.25) is 11.8 Å². The number of phenolic OH excluding ortho intramolecular Hbond substituents is 1. The number of aromatic hydroxyl groups is 1. The lowest BCUT2D eigenvalue weighted by molar-refractivity contribution is -0.138. The number of pyridine rings is 1. The normalized spacial score (nSPS) is 14.0. The Hall–Kier alpha value is -5.10. The third kappa shape index (κ3) is 6.92. The van der Waals surface area contributed by atoms with Gasteiger partial charge in [-0.2, -0.15) is 4.98 Å². The van der Waals surface area contributed by atoms with Crippen molar-refractivity contribution in [3.63, 3.8) is 0 Å². The number of amidine groups is 1. The van der Waals surface area contributed by atoms with Gasteiger partial charge in [0.05, 0.1) is 6.54 Å². The number of ether oxygens (including phenoxy) is 3. The average molecular weight is 559 g/mol. The molecule has 0 amide bonds. The first-order chi connectivity index (χ1) is 19.7. The number of imidazole rings is 1. The number of aromatic nitrogens is 3. The van der Waals surface area contributed by atoms with Crippen LogP contribution in [0, 0.1) is 5.41 Å². The molecule has 0 aliphatic carbocycles. The molecule has 0 spiro atoms. The molecule has 5 N–H and O–H groups in total. The molecule has 5 rings (SSSR count). The summed E-state index contributed by atoms with van der Waals surface area (Å²) in [5.74, 6) is 0.897. The fourth-order valence-electron chi connectivity index (χ4n) is 4.54. The predicted octanol–water partition coefficient (Wildman–Crippen LogP) is 3.98. The summed E-state index contributed by atoms with van der Waals surface area (Å²) in [7, 11) is 1.91. The summed E-state index contributed by atoms with van der Waals surface area (Å²) in [6.07, 6.45) is 4.73. The first kappa shape index (κ1) is 27.5. The van der Waals surface area contributed by atoms with Crippen LogP contribution < -0.4 is 19.9 Å². The van der Waals surface area contributed by atoms with Crippen LogP contribution in [0.5, 0.6) is 34.8 Å². The van der Waals surface area contributed by atoms with Crippen molar-refractivity contribution in [2.24, 2.45) is 12.8 Å². The maximum Gasteiger partial charge on any atom is 0.317 e. The van der Waals surface area contributed by atoms with Crippen LogP contribution in [0.2, 0.25) is 0 Å². The molecule has 2 aromatic carbocycles. The number of nitrogens with two attached hydrogens (primary N) is 1. The molecule has 212 valence electrons. The quantitative estimate of drug-likeness (QED) is 0.165. The topological polar surface area (TPSA) is 169 Å². The van der Waals surface area contributed by atoms with E-state index in [1.165, 1.54) is 18.2 Å². The van der Waals surface area contributed by atoms with Crippen molar-refractivity contribution < 1.29 is 29.2 Å². The smallest absolute Gasteiger partial charge is 0.317 e. The number of nitrogen functional groups attached to an aromatic ring is 1. The van der Waals surface area contributed by atoms with Gasteiger partial charge in [-0.1, -0.05) is 12.1 Å². The van der Waals surface area contributed by atoms with Crippen molar-refractivity contribution in [2.45, 2.75) is 18.9 Å². The lowest BCUT2D eigenvalue weighted by Gasteiger charge is -2.31. The highest BCUT2D eigenvalue weighted by Gasteiger charge is 2.23. The molecule has 0 atom stereocenters. The van der Waals surface area contributed by atoms with Crippen LogP contribution in [-0.4, -0.2) is 67.2 Å². The molecule has 41 heavy (non-hydrogen) atoms. The summed E-state index contributed by atoms with van der Waals surface area (Å²) < 4.78 is 20.2. The van der Waals surface area contributed by atoms with Gasteiger partial charge in [-0.05, 0) is 43.2 Å². The zero-order valence-corrected chi connectivity index (χ0v) is 22.4. The lowest BCUT2D eigenvalue weighted by Crippen LogP contribution is -2.40. The number of rotatable bonds is 10. The van der Waals surface area contributed by atoms with Crippen molar-refractivity contribution >= 4 is 11.8 Å². The number of aliphatic carboxylic acids is 1. The van der Waals surface area contributed by atoms with Gasteiger partial charge in [-0.25, -0.2) is 4.98 Å². The largest absolute Gasteiger partial charge is 0.504 e. The maximum absolute atomic E-state index is 11.1. The zero-order chi connectivity index (χ0) is 28.9. The molecule has 12 nitrogen and oxygen atoms in total. The third-order valence-electron chi connectivity index (χ3n) is 6.57. The Kier molecular flexibility index (Phi) is 8.01. The van der Waals surface area contributed by atoms with Crippen LogP contribution >= 0.6 is 0 Å². The number of hydrogen-bond donors (Lipinski definition) is 4. The number of likely N-dealkylation sites (tertiary alicyclic amines) is 1. The van der Waals surface area contributed by atoms with E-state index in [9.17, 15) is 9.90 Å². The number of carboxylic acids is 1. The minimum absolute atomic E-state index is 0.00187. The molecule has 1 aliphatic heterocycles. The van der Waals surface area contributed by atoms with Crippen LogP contribution in [-0.2, 0) is 11.8 Å². The molecule has 12 heteroatoms. The summed E-state index contributed by atoms with van der Waals surface area (Å²) in [5.41, 5.74) is 6.84. The molecule has 3 heterocycles. The van der Waals surface area contributed by atoms with Gasteiger partial charge in [0.25, 0.3) is 0 Å². The Morgan fingerprint density at radius 3 is 2.51 bits per heavy atom. The Morgan fingerprint density at radius 2 is 1.83 bits per heavy atom. The highest BCUT2D eigenvalue weighted by Crippen LogP contribution is 2.35. The van der Waals surface area contributed by atoms with E-state index in [-0.39, 0.29) is 41.7 Å². The second-order valence-corrected chi connectivity index (χ2v) is 9.66. The number of carbonyl (C=O) groups is 1. The van der Waals surface area contributed by atoms with Crippen molar-refractivity contribution in [3.05, 3.63) is 72.6 Å². The predicted molar refractivity (Wildman–Crippen MR) is 150 cm³/mol. The number of phenols is 1. The Morgan fingerprint density at radius 1 is 1.07 bits per heavy atom. The number of carboxylic acid groups (broad SMARTS) is 1. The minimum atomic E-state index is -0.855. The van der Waals surface area contributed by atoms with Crippen LogP contribution in [0.4, 0.5) is 0 Å². The molecule has 1 saturated heterocycles.